The average Bonchev–Trinajstić information content (AvgIpc) is 2.88. The highest BCUT2D eigenvalue weighted by Crippen LogP contribution is 2.35. The van der Waals surface area contributed by atoms with Gasteiger partial charge in [-0.1, -0.05) is 72.7 Å². The van der Waals surface area contributed by atoms with Crippen LogP contribution >= 0.6 is 33.3 Å². The Labute approximate surface area is 239 Å². The maximum absolute atomic E-state index is 12.6. The summed E-state index contributed by atoms with van der Waals surface area (Å²) in [7, 11) is 3.30. The Morgan fingerprint density at radius 3 is 2.61 bits per heavy atom. The zero-order chi connectivity index (χ0) is 28.1. The SMILES string of the molecule is CSCC[C@H](N=C(C)[C@H]1O[C@@H](CNC(=O)[C@@H](N)CSSC(C)(C)C)CC[C@@H]1OCc1ccccc1)C(=O)O. The molecule has 38 heavy (non-hydrogen) atoms. The van der Waals surface area contributed by atoms with Gasteiger partial charge in [-0.25, -0.2) is 4.79 Å². The predicted molar refractivity (Wildman–Crippen MR) is 161 cm³/mol. The third kappa shape index (κ3) is 12.3. The van der Waals surface area contributed by atoms with E-state index in [-0.39, 0.29) is 22.9 Å². The van der Waals surface area contributed by atoms with Crippen molar-refractivity contribution in [1.82, 2.24) is 5.32 Å². The van der Waals surface area contributed by atoms with Crippen molar-refractivity contribution in [3.8, 4) is 0 Å². The molecule has 0 bridgehead atoms. The number of carbonyl (C=O) groups is 2. The van der Waals surface area contributed by atoms with E-state index in [2.05, 4.69) is 31.1 Å². The first-order valence-corrected chi connectivity index (χ1v) is 16.6. The van der Waals surface area contributed by atoms with Crippen LogP contribution in [-0.4, -0.2) is 82.1 Å². The Balaban J connectivity index is 2.03. The Hall–Kier alpha value is -1.24. The van der Waals surface area contributed by atoms with Crippen molar-refractivity contribution in [3.05, 3.63) is 35.9 Å². The molecule has 8 nitrogen and oxygen atoms in total. The maximum atomic E-state index is 12.6. The van der Waals surface area contributed by atoms with Gasteiger partial charge in [0, 0.05) is 22.8 Å². The van der Waals surface area contributed by atoms with Crippen molar-refractivity contribution in [2.24, 2.45) is 10.7 Å². The van der Waals surface area contributed by atoms with E-state index >= 15 is 0 Å². The van der Waals surface area contributed by atoms with Crippen LogP contribution in [0.15, 0.2) is 35.3 Å². The molecule has 0 aliphatic carbocycles. The molecule has 5 atom stereocenters. The first-order chi connectivity index (χ1) is 18.0. The van der Waals surface area contributed by atoms with E-state index in [1.165, 1.54) is 0 Å². The summed E-state index contributed by atoms with van der Waals surface area (Å²) in [5.74, 6) is 0.0731. The molecule has 4 N–H and O–H groups in total. The summed E-state index contributed by atoms with van der Waals surface area (Å²) in [6.07, 6.45) is 2.77. The molecule has 2 rings (SSSR count). The fraction of sp³-hybridized carbons (Fsp3) is 0.667. The van der Waals surface area contributed by atoms with Crippen LogP contribution in [0.2, 0.25) is 0 Å². The van der Waals surface area contributed by atoms with Crippen LogP contribution in [0.4, 0.5) is 0 Å². The Kier molecular flexibility index (Phi) is 14.5. The van der Waals surface area contributed by atoms with Gasteiger partial charge in [0.15, 0.2) is 0 Å². The molecule has 1 amide bonds. The number of nitrogens with zero attached hydrogens (tertiary/aromatic N) is 1. The molecule has 0 radical (unpaired) electrons. The second-order valence-corrected chi connectivity index (χ2v) is 14.5. The van der Waals surface area contributed by atoms with Gasteiger partial charge in [0.1, 0.15) is 12.1 Å². The fourth-order valence-corrected chi connectivity index (χ4v) is 6.71. The van der Waals surface area contributed by atoms with Crippen molar-refractivity contribution in [2.75, 3.05) is 24.3 Å². The van der Waals surface area contributed by atoms with Crippen LogP contribution in [0, 0.1) is 0 Å². The molecule has 1 aromatic carbocycles. The van der Waals surface area contributed by atoms with Gasteiger partial charge in [0.2, 0.25) is 5.91 Å². The lowest BCUT2D eigenvalue weighted by atomic mass is 9.97. The number of aliphatic imine (C=N–C) groups is 1. The lowest BCUT2D eigenvalue weighted by Crippen LogP contribution is -2.50. The number of hydrogen-bond acceptors (Lipinski definition) is 9. The maximum Gasteiger partial charge on any atom is 0.328 e. The van der Waals surface area contributed by atoms with E-state index in [9.17, 15) is 14.7 Å². The highest BCUT2D eigenvalue weighted by molar-refractivity contribution is 8.77. The summed E-state index contributed by atoms with van der Waals surface area (Å²) < 4.78 is 12.7. The minimum Gasteiger partial charge on any atom is -0.480 e. The summed E-state index contributed by atoms with van der Waals surface area (Å²) in [5.41, 5.74) is 7.74. The molecule has 0 saturated carbocycles. The number of ether oxygens (including phenoxy) is 2. The molecule has 214 valence electrons. The molecular formula is C27H43N3O5S3. The largest absolute Gasteiger partial charge is 0.480 e. The standard InChI is InChI=1S/C27H43N3O5S3/c1-18(30-22(26(32)33)13-14-36-5)24-23(34-16-19-9-7-6-8-10-19)12-11-20(35-24)15-29-25(31)21(28)17-37-38-27(2,3)4/h6-10,20-24H,11-17,28H2,1-5H3,(H,29,31)(H,32,33)/t20-,21+,22+,23+,24-/m1/s1. The van der Waals surface area contributed by atoms with Crippen molar-refractivity contribution >= 4 is 50.9 Å². The molecule has 1 saturated heterocycles. The number of carboxylic acids is 1. The van der Waals surface area contributed by atoms with E-state index in [1.54, 1.807) is 40.3 Å². The lowest BCUT2D eigenvalue weighted by Gasteiger charge is -2.37. The van der Waals surface area contributed by atoms with Crippen LogP contribution in [-0.2, 0) is 25.7 Å². The smallest absolute Gasteiger partial charge is 0.328 e. The van der Waals surface area contributed by atoms with Crippen molar-refractivity contribution < 1.29 is 24.2 Å². The number of nitrogens with one attached hydrogen (secondary N) is 1. The van der Waals surface area contributed by atoms with Gasteiger partial charge in [-0.3, -0.25) is 9.79 Å². The average molecular weight is 586 g/mol. The second-order valence-electron chi connectivity index (χ2n) is 10.3. The van der Waals surface area contributed by atoms with E-state index < -0.39 is 24.2 Å². The molecule has 0 spiro atoms. The number of nitrogens with two attached hydrogens (primary N) is 1. The first kappa shape index (κ1) is 33.0. The van der Waals surface area contributed by atoms with Crippen molar-refractivity contribution in [1.29, 1.82) is 0 Å². The Morgan fingerprint density at radius 1 is 1.26 bits per heavy atom. The number of rotatable bonds is 15. The van der Waals surface area contributed by atoms with Crippen LogP contribution in [0.25, 0.3) is 0 Å². The molecule has 1 heterocycles. The van der Waals surface area contributed by atoms with Gasteiger partial charge >= 0.3 is 5.97 Å². The third-order valence-corrected chi connectivity index (χ3v) is 9.82. The monoisotopic (exact) mass is 585 g/mol. The summed E-state index contributed by atoms with van der Waals surface area (Å²) >= 11 is 1.59. The molecule has 0 aromatic heterocycles. The van der Waals surface area contributed by atoms with Gasteiger partial charge in [-0.2, -0.15) is 11.8 Å². The third-order valence-electron chi connectivity index (χ3n) is 5.81. The second kappa shape index (κ2) is 16.8. The number of benzene rings is 1. The topological polar surface area (TPSA) is 123 Å². The van der Waals surface area contributed by atoms with E-state index in [0.717, 1.165) is 5.56 Å². The van der Waals surface area contributed by atoms with Gasteiger partial charge < -0.3 is 25.6 Å². The first-order valence-electron chi connectivity index (χ1n) is 12.9. The molecule has 0 unspecified atom stereocenters. The van der Waals surface area contributed by atoms with Gasteiger partial charge in [-0.15, -0.1) is 0 Å². The number of amides is 1. The fourth-order valence-electron chi connectivity index (χ4n) is 3.83. The number of carboxylic acid groups (broad SMARTS) is 1. The number of aliphatic carboxylic acids is 1. The van der Waals surface area contributed by atoms with Crippen LogP contribution in [0.1, 0.15) is 52.5 Å². The minimum atomic E-state index is -0.948. The lowest BCUT2D eigenvalue weighted by molar-refractivity contribution is -0.138. The van der Waals surface area contributed by atoms with Gasteiger partial charge in [0.05, 0.1) is 24.9 Å². The Morgan fingerprint density at radius 2 is 1.97 bits per heavy atom. The normalized spacial score (nSPS) is 22.1. The van der Waals surface area contributed by atoms with E-state index in [4.69, 9.17) is 15.2 Å². The Bertz CT molecular complexity index is 898. The summed E-state index contributed by atoms with van der Waals surface area (Å²) in [6, 6.07) is 8.46. The van der Waals surface area contributed by atoms with Crippen LogP contribution in [0.3, 0.4) is 0 Å². The number of thioether (sulfide) groups is 1. The van der Waals surface area contributed by atoms with Gasteiger partial charge in [-0.05, 0) is 43.8 Å². The van der Waals surface area contributed by atoms with Crippen molar-refractivity contribution in [2.45, 2.75) is 88.7 Å². The molecule has 1 aliphatic rings. The molecule has 11 heteroatoms. The number of hydrogen-bond donors (Lipinski definition) is 3. The molecular weight excluding hydrogens is 543 g/mol. The van der Waals surface area contributed by atoms with Crippen LogP contribution in [0.5, 0.6) is 0 Å². The summed E-state index contributed by atoms with van der Waals surface area (Å²) in [4.78, 5) is 28.9. The summed E-state index contributed by atoms with van der Waals surface area (Å²) in [6.45, 7) is 8.92. The van der Waals surface area contributed by atoms with Crippen LogP contribution < -0.4 is 11.1 Å². The summed E-state index contributed by atoms with van der Waals surface area (Å²) in [5, 5.41) is 12.6. The highest BCUT2D eigenvalue weighted by atomic mass is 33.1. The molecule has 1 fully saturated rings. The highest BCUT2D eigenvalue weighted by Gasteiger charge is 2.35. The predicted octanol–water partition coefficient (Wildman–Crippen LogP) is 4.41. The van der Waals surface area contributed by atoms with Crippen molar-refractivity contribution in [3.63, 3.8) is 0 Å². The zero-order valence-electron chi connectivity index (χ0n) is 23.1. The molecule has 1 aliphatic heterocycles. The zero-order valence-corrected chi connectivity index (χ0v) is 25.5. The minimum absolute atomic E-state index is 0.0966. The van der Waals surface area contributed by atoms with E-state index in [1.807, 2.05) is 36.6 Å². The van der Waals surface area contributed by atoms with Gasteiger partial charge in [0.25, 0.3) is 0 Å². The molecule has 1 aromatic rings. The number of carbonyl (C=O) groups excluding carboxylic acids is 1. The quantitative estimate of drug-likeness (QED) is 0.203. The van der Waals surface area contributed by atoms with E-state index in [0.29, 0.717) is 49.6 Å².